The summed E-state index contributed by atoms with van der Waals surface area (Å²) in [5.74, 6) is -1.06. The van der Waals surface area contributed by atoms with Crippen molar-refractivity contribution in [2.45, 2.75) is 207 Å². The number of esters is 3. The van der Waals surface area contributed by atoms with Gasteiger partial charge in [0, 0.05) is 19.3 Å². The maximum Gasteiger partial charge on any atom is 0.306 e. The molecule has 0 aromatic rings. The van der Waals surface area contributed by atoms with Crippen molar-refractivity contribution in [3.05, 3.63) is 109 Å². The Kier molecular flexibility index (Phi) is 45.6. The molecule has 6 nitrogen and oxygen atoms in total. The fraction of sp³-hybridized carbons (Fsp3) is 0.618. The Labute approximate surface area is 374 Å². The van der Waals surface area contributed by atoms with E-state index in [2.05, 4.69) is 118 Å². The number of rotatable bonds is 42. The maximum absolute atomic E-state index is 12.7. The first-order valence-electron chi connectivity index (χ1n) is 24.4. The summed E-state index contributed by atoms with van der Waals surface area (Å²) in [6.45, 7) is 6.33. The Hall–Kier alpha value is -3.93. The van der Waals surface area contributed by atoms with E-state index in [-0.39, 0.29) is 37.5 Å². The van der Waals surface area contributed by atoms with E-state index < -0.39 is 6.10 Å². The Balaban J connectivity index is 4.52. The average molecular weight is 845 g/mol. The minimum Gasteiger partial charge on any atom is -0.462 e. The van der Waals surface area contributed by atoms with Crippen LogP contribution in [0.2, 0.25) is 0 Å². The van der Waals surface area contributed by atoms with Gasteiger partial charge in [-0.2, -0.15) is 0 Å². The summed E-state index contributed by atoms with van der Waals surface area (Å²) in [7, 11) is 0. The normalized spacial score (nSPS) is 13.0. The highest BCUT2D eigenvalue weighted by atomic mass is 16.6. The monoisotopic (exact) mass is 845 g/mol. The highest BCUT2D eigenvalue weighted by Crippen LogP contribution is 2.12. The second kappa shape index (κ2) is 48.7. The van der Waals surface area contributed by atoms with Crippen LogP contribution >= 0.6 is 0 Å². The average Bonchev–Trinajstić information content (AvgIpc) is 3.26. The lowest BCUT2D eigenvalue weighted by Gasteiger charge is -2.18. The SMILES string of the molecule is CC/C=C\C/C=C\C/C=C\C/C=C\C/C=C\C/C=C\CCC(=O)OCC(COC(=O)CCC/C=C\CCCCCC)OC(=O)CCCCCCCC/C=C\C=C/CCCCC. The molecule has 0 N–H and O–H groups in total. The predicted octanol–water partition coefficient (Wildman–Crippen LogP) is 16.0. The summed E-state index contributed by atoms with van der Waals surface area (Å²) in [6, 6.07) is 0. The van der Waals surface area contributed by atoms with E-state index in [1.54, 1.807) is 0 Å². The second-order valence-corrected chi connectivity index (χ2v) is 15.7. The molecular weight excluding hydrogens is 757 g/mol. The fourth-order valence-corrected chi connectivity index (χ4v) is 6.11. The van der Waals surface area contributed by atoms with Crippen LogP contribution in [0, 0.1) is 0 Å². The second-order valence-electron chi connectivity index (χ2n) is 15.7. The fourth-order valence-electron chi connectivity index (χ4n) is 6.11. The lowest BCUT2D eigenvalue weighted by Crippen LogP contribution is -2.30. The van der Waals surface area contributed by atoms with E-state index >= 15 is 0 Å². The van der Waals surface area contributed by atoms with Gasteiger partial charge >= 0.3 is 17.9 Å². The van der Waals surface area contributed by atoms with Gasteiger partial charge in [-0.25, -0.2) is 0 Å². The smallest absolute Gasteiger partial charge is 0.306 e. The molecule has 0 spiro atoms. The highest BCUT2D eigenvalue weighted by Gasteiger charge is 2.19. The summed E-state index contributed by atoms with van der Waals surface area (Å²) in [4.78, 5) is 37.8. The summed E-state index contributed by atoms with van der Waals surface area (Å²) in [5, 5.41) is 0. The van der Waals surface area contributed by atoms with Crippen molar-refractivity contribution in [2.24, 2.45) is 0 Å². The number of unbranched alkanes of at least 4 members (excludes halogenated alkanes) is 14. The van der Waals surface area contributed by atoms with Gasteiger partial charge in [-0.3, -0.25) is 14.4 Å². The van der Waals surface area contributed by atoms with Gasteiger partial charge in [0.2, 0.25) is 0 Å². The highest BCUT2D eigenvalue weighted by molar-refractivity contribution is 5.71. The maximum atomic E-state index is 12.7. The van der Waals surface area contributed by atoms with Gasteiger partial charge in [0.25, 0.3) is 0 Å². The topological polar surface area (TPSA) is 78.9 Å². The van der Waals surface area contributed by atoms with E-state index in [1.165, 1.54) is 57.8 Å². The Morgan fingerprint density at radius 1 is 0.361 bits per heavy atom. The number of hydrogen-bond donors (Lipinski definition) is 0. The molecule has 1 unspecified atom stereocenters. The molecule has 0 heterocycles. The lowest BCUT2D eigenvalue weighted by atomic mass is 10.1. The predicted molar refractivity (Wildman–Crippen MR) is 260 cm³/mol. The van der Waals surface area contributed by atoms with Crippen LogP contribution < -0.4 is 0 Å². The molecule has 0 saturated heterocycles. The lowest BCUT2D eigenvalue weighted by molar-refractivity contribution is -0.166. The van der Waals surface area contributed by atoms with Gasteiger partial charge in [-0.05, 0) is 103 Å². The molecule has 6 heteroatoms. The van der Waals surface area contributed by atoms with E-state index in [9.17, 15) is 14.4 Å². The molecule has 0 aromatic carbocycles. The Morgan fingerprint density at radius 3 is 1.28 bits per heavy atom. The van der Waals surface area contributed by atoms with Crippen molar-refractivity contribution < 1.29 is 28.6 Å². The molecule has 0 aromatic heterocycles. The molecule has 0 radical (unpaired) electrons. The molecule has 0 fully saturated rings. The van der Waals surface area contributed by atoms with Gasteiger partial charge in [0.1, 0.15) is 13.2 Å². The molecule has 0 aliphatic carbocycles. The molecule has 0 aliphatic heterocycles. The quantitative estimate of drug-likeness (QED) is 0.0200. The van der Waals surface area contributed by atoms with Crippen LogP contribution in [0.3, 0.4) is 0 Å². The molecule has 1 atom stereocenters. The number of allylic oxidation sites excluding steroid dienone is 18. The number of ether oxygens (including phenoxy) is 3. The van der Waals surface area contributed by atoms with Crippen molar-refractivity contribution in [1.29, 1.82) is 0 Å². The van der Waals surface area contributed by atoms with Crippen molar-refractivity contribution in [2.75, 3.05) is 13.2 Å². The minimum absolute atomic E-state index is 0.124. The molecule has 0 bridgehead atoms. The van der Waals surface area contributed by atoms with Crippen molar-refractivity contribution in [3.8, 4) is 0 Å². The van der Waals surface area contributed by atoms with Crippen LogP contribution in [0.1, 0.15) is 201 Å². The third-order valence-electron chi connectivity index (χ3n) is 9.77. The zero-order valence-corrected chi connectivity index (χ0v) is 39.1. The van der Waals surface area contributed by atoms with Gasteiger partial charge < -0.3 is 14.2 Å². The molecule has 0 saturated carbocycles. The van der Waals surface area contributed by atoms with Crippen LogP contribution in [-0.2, 0) is 28.6 Å². The molecule has 0 rings (SSSR count). The van der Waals surface area contributed by atoms with Gasteiger partial charge in [0.15, 0.2) is 6.10 Å². The summed E-state index contributed by atoms with van der Waals surface area (Å²) in [5.41, 5.74) is 0. The Bertz CT molecular complexity index is 1290. The van der Waals surface area contributed by atoms with Crippen molar-refractivity contribution in [3.63, 3.8) is 0 Å². The van der Waals surface area contributed by atoms with E-state index in [4.69, 9.17) is 14.2 Å². The number of carbonyl (C=O) groups is 3. The summed E-state index contributed by atoms with van der Waals surface area (Å²) in [6.07, 6.45) is 65.2. The number of carbonyl (C=O) groups excluding carboxylic acids is 3. The van der Waals surface area contributed by atoms with Gasteiger partial charge in [0.05, 0.1) is 0 Å². The summed E-state index contributed by atoms with van der Waals surface area (Å²) >= 11 is 0. The first kappa shape index (κ1) is 57.1. The molecule has 0 amide bonds. The third kappa shape index (κ3) is 47.0. The van der Waals surface area contributed by atoms with Crippen LogP contribution in [0.5, 0.6) is 0 Å². The first-order chi connectivity index (χ1) is 30.0. The minimum atomic E-state index is -0.825. The number of hydrogen-bond acceptors (Lipinski definition) is 6. The van der Waals surface area contributed by atoms with Crippen LogP contribution in [0.25, 0.3) is 0 Å². The van der Waals surface area contributed by atoms with E-state index in [1.807, 2.05) is 12.2 Å². The standard InChI is InChI=1S/C55H88O6/c1-4-7-10-13-16-19-21-23-25-26-27-28-30-31-33-36-39-42-45-48-54(57)60-51-52(50-59-53(56)47-44-41-38-35-18-15-12-9-6-3)61-55(58)49-46-43-40-37-34-32-29-24-22-20-17-14-11-8-5-2/h7,10,16-17,19-20,22-25,27-28,31,33,35,38-39,42,52H,4-6,8-9,11-15,18,21,26,29-30,32,34,36-37,40-41,43-51H2,1-3H3/b10-7-,19-16-,20-17-,24-22-,25-23-,28-27-,33-31-,38-35-,42-39-. The van der Waals surface area contributed by atoms with Crippen molar-refractivity contribution >= 4 is 17.9 Å². The van der Waals surface area contributed by atoms with Crippen molar-refractivity contribution in [1.82, 2.24) is 0 Å². The summed E-state index contributed by atoms with van der Waals surface area (Å²) < 4.78 is 16.6. The zero-order chi connectivity index (χ0) is 44.4. The van der Waals surface area contributed by atoms with E-state index in [0.29, 0.717) is 25.7 Å². The van der Waals surface area contributed by atoms with Gasteiger partial charge in [-0.1, -0.05) is 188 Å². The third-order valence-corrected chi connectivity index (χ3v) is 9.77. The Morgan fingerprint density at radius 2 is 0.738 bits per heavy atom. The van der Waals surface area contributed by atoms with Crippen LogP contribution in [0.15, 0.2) is 109 Å². The van der Waals surface area contributed by atoms with Gasteiger partial charge in [-0.15, -0.1) is 0 Å². The molecular formula is C55H88O6. The molecule has 0 aliphatic rings. The molecule has 61 heavy (non-hydrogen) atoms. The molecule has 344 valence electrons. The van der Waals surface area contributed by atoms with Crippen LogP contribution in [0.4, 0.5) is 0 Å². The first-order valence-corrected chi connectivity index (χ1v) is 24.4. The van der Waals surface area contributed by atoms with E-state index in [0.717, 1.165) is 89.9 Å². The largest absolute Gasteiger partial charge is 0.462 e. The van der Waals surface area contributed by atoms with Crippen LogP contribution in [-0.4, -0.2) is 37.2 Å². The zero-order valence-electron chi connectivity index (χ0n) is 39.1.